The van der Waals surface area contributed by atoms with Gasteiger partial charge in [-0.1, -0.05) is 47.1 Å². The van der Waals surface area contributed by atoms with Gasteiger partial charge in [-0.15, -0.1) is 6.58 Å². The zero-order valence-corrected chi connectivity index (χ0v) is 12.6. The molecule has 0 amide bonds. The van der Waals surface area contributed by atoms with Crippen molar-refractivity contribution >= 4 is 0 Å². The van der Waals surface area contributed by atoms with Crippen LogP contribution < -0.4 is 5.32 Å². The van der Waals surface area contributed by atoms with E-state index < -0.39 is 0 Å². The van der Waals surface area contributed by atoms with Gasteiger partial charge in [-0.25, -0.2) is 0 Å². The van der Waals surface area contributed by atoms with E-state index >= 15 is 0 Å². The summed E-state index contributed by atoms with van der Waals surface area (Å²) in [5, 5.41) is 3.64. The lowest BCUT2D eigenvalue weighted by Gasteiger charge is -2.24. The fourth-order valence-corrected chi connectivity index (χ4v) is 2.39. The summed E-state index contributed by atoms with van der Waals surface area (Å²) in [5.74, 6) is 2.93. The van der Waals surface area contributed by atoms with Crippen LogP contribution in [-0.4, -0.2) is 13.1 Å². The molecule has 0 saturated heterocycles. The molecule has 0 spiro atoms. The van der Waals surface area contributed by atoms with Crippen molar-refractivity contribution in [1.82, 2.24) is 5.32 Å². The van der Waals surface area contributed by atoms with Crippen LogP contribution in [0.2, 0.25) is 0 Å². The minimum absolute atomic E-state index is 0.617. The lowest BCUT2D eigenvalue weighted by atomic mass is 9.86. The van der Waals surface area contributed by atoms with Gasteiger partial charge >= 0.3 is 0 Å². The number of hydrogen-bond donors (Lipinski definition) is 1. The number of rotatable bonds is 10. The van der Waals surface area contributed by atoms with Gasteiger partial charge in [0.25, 0.3) is 0 Å². The van der Waals surface area contributed by atoms with Gasteiger partial charge in [0.15, 0.2) is 0 Å². The Morgan fingerprint density at radius 2 is 1.76 bits per heavy atom. The first-order chi connectivity index (χ1) is 8.01. The summed E-state index contributed by atoms with van der Waals surface area (Å²) in [6.07, 6.45) is 6.02. The topological polar surface area (TPSA) is 12.0 Å². The van der Waals surface area contributed by atoms with Crippen molar-refractivity contribution in [3.8, 4) is 0 Å². The molecule has 1 nitrogen and oxygen atoms in total. The summed E-state index contributed by atoms with van der Waals surface area (Å²) in [6.45, 7) is 17.7. The summed E-state index contributed by atoms with van der Waals surface area (Å²) in [5.41, 5.74) is 0. The van der Waals surface area contributed by atoms with Gasteiger partial charge in [-0.3, -0.25) is 0 Å². The van der Waals surface area contributed by atoms with E-state index in [2.05, 4.69) is 52.6 Å². The van der Waals surface area contributed by atoms with E-state index in [-0.39, 0.29) is 0 Å². The Bertz CT molecular complexity index is 186. The monoisotopic (exact) mass is 239 g/mol. The molecular weight excluding hydrogens is 206 g/mol. The molecule has 0 heterocycles. The maximum Gasteiger partial charge on any atom is -0.00148 e. The molecule has 102 valence electrons. The van der Waals surface area contributed by atoms with Gasteiger partial charge in [0.05, 0.1) is 0 Å². The van der Waals surface area contributed by atoms with Crippen LogP contribution in [0.1, 0.15) is 53.9 Å². The molecular formula is C16H33N. The van der Waals surface area contributed by atoms with Crippen molar-refractivity contribution in [1.29, 1.82) is 0 Å². The van der Waals surface area contributed by atoms with Crippen molar-refractivity contribution in [2.45, 2.75) is 53.9 Å². The smallest absolute Gasteiger partial charge is 0.00148 e. The van der Waals surface area contributed by atoms with Crippen LogP contribution in [0.5, 0.6) is 0 Å². The van der Waals surface area contributed by atoms with Gasteiger partial charge in [-0.2, -0.15) is 0 Å². The third kappa shape index (κ3) is 8.43. The summed E-state index contributed by atoms with van der Waals surface area (Å²) in [4.78, 5) is 0. The minimum atomic E-state index is 0.617. The normalized spacial score (nSPS) is 16.8. The van der Waals surface area contributed by atoms with Crippen LogP contribution >= 0.6 is 0 Å². The number of allylic oxidation sites excluding steroid dienone is 1. The zero-order valence-electron chi connectivity index (χ0n) is 12.6. The molecule has 3 unspecified atom stereocenters. The first-order valence-electron chi connectivity index (χ1n) is 7.34. The van der Waals surface area contributed by atoms with E-state index in [1.165, 1.54) is 19.3 Å². The van der Waals surface area contributed by atoms with Crippen LogP contribution in [0, 0.1) is 23.7 Å². The highest BCUT2D eigenvalue weighted by Crippen LogP contribution is 2.20. The molecule has 1 heteroatoms. The largest absolute Gasteiger partial charge is 0.316 e. The molecule has 3 atom stereocenters. The van der Waals surface area contributed by atoms with Gasteiger partial charge in [0.2, 0.25) is 0 Å². The van der Waals surface area contributed by atoms with Crippen LogP contribution in [0.3, 0.4) is 0 Å². The van der Waals surface area contributed by atoms with Crippen LogP contribution in [0.4, 0.5) is 0 Å². The second-order valence-corrected chi connectivity index (χ2v) is 6.04. The molecule has 0 aliphatic carbocycles. The quantitative estimate of drug-likeness (QED) is 0.554. The standard InChI is InChI=1S/C16H33N/c1-7-9-14(5)11-17-12-16(10-13(3)4)15(6)8-2/h8,13-17H,2,7,9-12H2,1,3-6H3. The summed E-state index contributed by atoms with van der Waals surface area (Å²) in [6, 6.07) is 0. The van der Waals surface area contributed by atoms with Gasteiger partial charge < -0.3 is 5.32 Å². The average Bonchev–Trinajstić information content (AvgIpc) is 2.26. The van der Waals surface area contributed by atoms with Crippen molar-refractivity contribution in [2.75, 3.05) is 13.1 Å². The number of hydrogen-bond acceptors (Lipinski definition) is 1. The highest BCUT2D eigenvalue weighted by atomic mass is 14.9. The Labute approximate surface area is 109 Å². The van der Waals surface area contributed by atoms with Crippen molar-refractivity contribution in [3.05, 3.63) is 12.7 Å². The van der Waals surface area contributed by atoms with E-state index in [1.54, 1.807) is 0 Å². The van der Waals surface area contributed by atoms with E-state index in [1.807, 2.05) is 0 Å². The molecule has 0 aliphatic rings. The third-order valence-corrected chi connectivity index (χ3v) is 3.57. The Balaban J connectivity index is 3.94. The average molecular weight is 239 g/mol. The molecule has 0 aromatic rings. The Morgan fingerprint density at radius 3 is 2.24 bits per heavy atom. The first kappa shape index (κ1) is 16.7. The molecule has 0 bridgehead atoms. The number of nitrogens with one attached hydrogen (secondary N) is 1. The fourth-order valence-electron chi connectivity index (χ4n) is 2.39. The highest BCUT2D eigenvalue weighted by Gasteiger charge is 2.16. The predicted molar refractivity (Wildman–Crippen MR) is 79.2 cm³/mol. The van der Waals surface area contributed by atoms with Crippen molar-refractivity contribution in [2.24, 2.45) is 23.7 Å². The van der Waals surface area contributed by atoms with E-state index in [0.717, 1.165) is 30.8 Å². The fraction of sp³-hybridized carbons (Fsp3) is 0.875. The van der Waals surface area contributed by atoms with Crippen molar-refractivity contribution < 1.29 is 0 Å². The summed E-state index contributed by atoms with van der Waals surface area (Å²) < 4.78 is 0. The maximum atomic E-state index is 3.93. The minimum Gasteiger partial charge on any atom is -0.316 e. The molecule has 17 heavy (non-hydrogen) atoms. The summed E-state index contributed by atoms with van der Waals surface area (Å²) in [7, 11) is 0. The SMILES string of the molecule is C=CC(C)C(CNCC(C)CCC)CC(C)C. The second-order valence-electron chi connectivity index (χ2n) is 6.04. The van der Waals surface area contributed by atoms with Gasteiger partial charge in [0.1, 0.15) is 0 Å². The molecule has 0 aromatic carbocycles. The predicted octanol–water partition coefficient (Wildman–Crippen LogP) is 4.50. The van der Waals surface area contributed by atoms with E-state index in [0.29, 0.717) is 5.92 Å². The van der Waals surface area contributed by atoms with E-state index in [4.69, 9.17) is 0 Å². The third-order valence-electron chi connectivity index (χ3n) is 3.57. The zero-order chi connectivity index (χ0) is 13.3. The van der Waals surface area contributed by atoms with Gasteiger partial charge in [-0.05, 0) is 49.6 Å². The lowest BCUT2D eigenvalue weighted by molar-refractivity contribution is 0.317. The maximum absolute atomic E-state index is 3.93. The lowest BCUT2D eigenvalue weighted by Crippen LogP contribution is -2.30. The van der Waals surface area contributed by atoms with E-state index in [9.17, 15) is 0 Å². The molecule has 0 rings (SSSR count). The Kier molecular flexibility index (Phi) is 9.53. The van der Waals surface area contributed by atoms with Crippen LogP contribution in [0.25, 0.3) is 0 Å². The highest BCUT2D eigenvalue weighted by molar-refractivity contribution is 4.83. The van der Waals surface area contributed by atoms with Crippen LogP contribution in [-0.2, 0) is 0 Å². The Hall–Kier alpha value is -0.300. The summed E-state index contributed by atoms with van der Waals surface area (Å²) >= 11 is 0. The molecule has 0 fully saturated rings. The van der Waals surface area contributed by atoms with Crippen molar-refractivity contribution in [3.63, 3.8) is 0 Å². The molecule has 0 saturated carbocycles. The first-order valence-corrected chi connectivity index (χ1v) is 7.34. The van der Waals surface area contributed by atoms with Gasteiger partial charge in [0, 0.05) is 0 Å². The molecule has 0 radical (unpaired) electrons. The Morgan fingerprint density at radius 1 is 1.12 bits per heavy atom. The molecule has 1 N–H and O–H groups in total. The molecule has 0 aromatic heterocycles. The molecule has 0 aliphatic heterocycles. The van der Waals surface area contributed by atoms with Crippen LogP contribution in [0.15, 0.2) is 12.7 Å². The second kappa shape index (κ2) is 9.70.